The third-order valence-electron chi connectivity index (χ3n) is 10.2. The zero-order chi connectivity index (χ0) is 45.7. The number of nitrogens with two attached hydrogens (primary N) is 2. The van der Waals surface area contributed by atoms with Gasteiger partial charge in [0.15, 0.2) is 5.69 Å². The Morgan fingerprint density at radius 1 is 0.683 bits per heavy atom. The van der Waals surface area contributed by atoms with Gasteiger partial charge in [-0.15, -0.1) is 0 Å². The maximum Gasteiger partial charge on any atom is 0.356 e. The second-order valence-electron chi connectivity index (χ2n) is 14.3. The molecule has 5 N–H and O–H groups in total. The highest BCUT2D eigenvalue weighted by Gasteiger charge is 2.32. The summed E-state index contributed by atoms with van der Waals surface area (Å²) in [6.07, 6.45) is 4.68. The zero-order valence-electron chi connectivity index (χ0n) is 33.1. The summed E-state index contributed by atoms with van der Waals surface area (Å²) in [6, 6.07) is 14.3. The van der Waals surface area contributed by atoms with Crippen molar-refractivity contribution < 1.29 is 37.1 Å². The smallest absolute Gasteiger partial charge is 0.356 e. The standard InChI is InChI=1S/C45H36Cl4F4N6O4/c1-2-36(58(43(60)25-13-27(50)17-28(51)14-25)22-24-12-35(55)42(45(62)63)57-20-24)33-7-5-31(38(46)40(33)48)32-6-8-34(41(49)39(32)47)37(9-10-54)59(21-23-4-3-11-56-19-23)44(61)26-15-29(52)18-30(53)16-26/h3-8,11-20,36-37H,2,9-10,21-22,54-55H2,1H3,(H,62,63)/t36-,37-/m0/s1. The predicted octanol–water partition coefficient (Wildman–Crippen LogP) is 11.1. The third-order valence-corrected chi connectivity index (χ3v) is 12.0. The molecular formula is C45H36Cl4F4N6O4. The van der Waals surface area contributed by atoms with Crippen LogP contribution in [0.15, 0.2) is 97.5 Å². The Kier molecular flexibility index (Phi) is 15.0. The monoisotopic (exact) mass is 940 g/mol. The number of rotatable bonds is 15. The molecule has 2 amide bonds. The molecule has 0 bridgehead atoms. The lowest BCUT2D eigenvalue weighted by molar-refractivity contribution is 0.0643. The van der Waals surface area contributed by atoms with Crippen molar-refractivity contribution in [2.75, 3.05) is 12.3 Å². The van der Waals surface area contributed by atoms with Crippen LogP contribution in [0.3, 0.4) is 0 Å². The number of aromatic carboxylic acids is 1. The number of amides is 2. The molecule has 4 aromatic carbocycles. The minimum atomic E-state index is -1.36. The Hall–Kier alpha value is -5.77. The highest BCUT2D eigenvalue weighted by atomic mass is 35.5. The Balaban J connectivity index is 1.40. The number of anilines is 1. The van der Waals surface area contributed by atoms with Crippen LogP contribution in [0, 0.1) is 23.3 Å². The summed E-state index contributed by atoms with van der Waals surface area (Å²) in [5.74, 6) is -6.73. The average Bonchev–Trinajstić information content (AvgIpc) is 3.24. The minimum Gasteiger partial charge on any atom is -0.476 e. The normalized spacial score (nSPS) is 12.2. The molecule has 6 aromatic rings. The van der Waals surface area contributed by atoms with Gasteiger partial charge in [0.25, 0.3) is 11.8 Å². The quantitative estimate of drug-likeness (QED) is 0.0859. The van der Waals surface area contributed by atoms with E-state index >= 15 is 0 Å². The fraction of sp³-hybridized carbons (Fsp3) is 0.178. The summed E-state index contributed by atoms with van der Waals surface area (Å²) < 4.78 is 57.5. The van der Waals surface area contributed by atoms with E-state index in [0.717, 1.165) is 24.3 Å². The van der Waals surface area contributed by atoms with Gasteiger partial charge in [-0.3, -0.25) is 14.6 Å². The largest absolute Gasteiger partial charge is 0.476 e. The molecule has 2 heterocycles. The Morgan fingerprint density at radius 2 is 1.17 bits per heavy atom. The fourth-order valence-corrected chi connectivity index (χ4v) is 8.45. The molecule has 0 saturated heterocycles. The molecule has 326 valence electrons. The molecule has 0 aliphatic heterocycles. The molecule has 0 aliphatic rings. The van der Waals surface area contributed by atoms with E-state index in [-0.39, 0.29) is 69.4 Å². The van der Waals surface area contributed by atoms with E-state index in [0.29, 0.717) is 45.5 Å². The van der Waals surface area contributed by atoms with E-state index in [9.17, 15) is 37.1 Å². The van der Waals surface area contributed by atoms with Gasteiger partial charge < -0.3 is 26.4 Å². The zero-order valence-corrected chi connectivity index (χ0v) is 36.1. The maximum absolute atomic E-state index is 14.4. The highest BCUT2D eigenvalue weighted by molar-refractivity contribution is 6.46. The second kappa shape index (κ2) is 20.2. The van der Waals surface area contributed by atoms with E-state index in [1.165, 1.54) is 22.1 Å². The molecule has 0 radical (unpaired) electrons. The van der Waals surface area contributed by atoms with Gasteiger partial charge in [-0.1, -0.05) is 83.7 Å². The van der Waals surface area contributed by atoms with E-state index in [1.807, 2.05) is 0 Å². The molecule has 63 heavy (non-hydrogen) atoms. The van der Waals surface area contributed by atoms with Gasteiger partial charge in [-0.05, 0) is 78.0 Å². The van der Waals surface area contributed by atoms with Crippen molar-refractivity contribution in [3.05, 3.63) is 180 Å². The minimum absolute atomic E-state index is 0.000671. The molecule has 0 saturated carbocycles. The van der Waals surface area contributed by atoms with Crippen LogP contribution in [-0.2, 0) is 13.1 Å². The maximum atomic E-state index is 14.4. The van der Waals surface area contributed by atoms with Crippen molar-refractivity contribution in [1.82, 2.24) is 19.8 Å². The number of nitrogens with zero attached hydrogens (tertiary/aromatic N) is 4. The first-order valence-electron chi connectivity index (χ1n) is 19.1. The van der Waals surface area contributed by atoms with Gasteiger partial charge in [-0.25, -0.2) is 27.3 Å². The predicted molar refractivity (Wildman–Crippen MR) is 234 cm³/mol. The third kappa shape index (κ3) is 10.4. The molecule has 0 aliphatic carbocycles. The van der Waals surface area contributed by atoms with Crippen LogP contribution in [0.4, 0.5) is 23.2 Å². The highest BCUT2D eigenvalue weighted by Crippen LogP contribution is 2.46. The molecule has 2 atom stereocenters. The van der Waals surface area contributed by atoms with Gasteiger partial charge >= 0.3 is 5.97 Å². The van der Waals surface area contributed by atoms with Crippen LogP contribution in [0.5, 0.6) is 0 Å². The molecule has 0 spiro atoms. The van der Waals surface area contributed by atoms with Crippen LogP contribution >= 0.6 is 46.4 Å². The molecular weight excluding hydrogens is 906 g/mol. The summed E-state index contributed by atoms with van der Waals surface area (Å²) >= 11 is 28.1. The van der Waals surface area contributed by atoms with Crippen LogP contribution in [0.25, 0.3) is 11.1 Å². The lowest BCUT2D eigenvalue weighted by Gasteiger charge is -2.33. The van der Waals surface area contributed by atoms with Gasteiger partial charge in [0.05, 0.1) is 37.9 Å². The molecule has 6 rings (SSSR count). The van der Waals surface area contributed by atoms with Crippen molar-refractivity contribution in [2.45, 2.75) is 44.9 Å². The van der Waals surface area contributed by atoms with Crippen molar-refractivity contribution in [3.8, 4) is 11.1 Å². The van der Waals surface area contributed by atoms with Crippen LogP contribution in [-0.4, -0.2) is 49.2 Å². The summed E-state index contributed by atoms with van der Waals surface area (Å²) in [4.78, 5) is 50.6. The number of carbonyl (C=O) groups excluding carboxylic acids is 2. The number of carboxylic acid groups (broad SMARTS) is 1. The van der Waals surface area contributed by atoms with Gasteiger partial charge in [-0.2, -0.15) is 0 Å². The lowest BCUT2D eigenvalue weighted by Crippen LogP contribution is -2.36. The number of halogens is 8. The van der Waals surface area contributed by atoms with Crippen LogP contribution in [0.2, 0.25) is 20.1 Å². The summed E-state index contributed by atoms with van der Waals surface area (Å²) in [5.41, 5.74) is 13.1. The first-order chi connectivity index (χ1) is 30.0. The SMILES string of the molecule is CC[C@@H](c1ccc(-c2ccc([C@H](CCN)N(Cc3cccnc3)C(=O)c3cc(F)cc(F)c3)c(Cl)c2Cl)c(Cl)c1Cl)N(Cc1cnc(C(=O)O)c(N)c1)C(=O)c1cc(F)cc(F)c1. The molecule has 18 heteroatoms. The van der Waals surface area contributed by atoms with E-state index in [2.05, 4.69) is 9.97 Å². The topological polar surface area (TPSA) is 156 Å². The number of carboxylic acids is 1. The fourth-order valence-electron chi connectivity index (χ4n) is 7.32. The summed E-state index contributed by atoms with van der Waals surface area (Å²) in [7, 11) is 0. The first kappa shape index (κ1) is 46.7. The second-order valence-corrected chi connectivity index (χ2v) is 15.8. The Morgan fingerprint density at radius 3 is 1.62 bits per heavy atom. The molecule has 0 fully saturated rings. The number of benzene rings is 4. The van der Waals surface area contributed by atoms with E-state index in [1.54, 1.807) is 55.7 Å². The number of nitrogen functional groups attached to an aromatic ring is 1. The molecule has 2 aromatic heterocycles. The first-order valence-corrected chi connectivity index (χ1v) is 20.6. The van der Waals surface area contributed by atoms with Crippen LogP contribution in [0.1, 0.15) is 85.3 Å². The Labute approximate surface area is 379 Å². The Bertz CT molecular complexity index is 2680. The summed E-state index contributed by atoms with van der Waals surface area (Å²) in [5, 5.41) is 9.47. The van der Waals surface area contributed by atoms with E-state index in [4.69, 9.17) is 57.9 Å². The summed E-state index contributed by atoms with van der Waals surface area (Å²) in [6.45, 7) is 1.53. The molecule has 10 nitrogen and oxygen atoms in total. The van der Waals surface area contributed by atoms with Crippen molar-refractivity contribution in [1.29, 1.82) is 0 Å². The number of pyridine rings is 2. The lowest BCUT2D eigenvalue weighted by atomic mass is 9.94. The van der Waals surface area contributed by atoms with Crippen molar-refractivity contribution in [2.24, 2.45) is 5.73 Å². The van der Waals surface area contributed by atoms with E-state index < -0.39 is 58.8 Å². The van der Waals surface area contributed by atoms with Crippen molar-refractivity contribution >= 4 is 69.9 Å². The molecule has 0 unspecified atom stereocenters. The van der Waals surface area contributed by atoms with Gasteiger partial charge in [0.2, 0.25) is 0 Å². The van der Waals surface area contributed by atoms with Crippen LogP contribution < -0.4 is 11.5 Å². The van der Waals surface area contributed by atoms with Gasteiger partial charge in [0, 0.05) is 66.1 Å². The number of aromatic nitrogens is 2. The van der Waals surface area contributed by atoms with Crippen molar-refractivity contribution in [3.63, 3.8) is 0 Å². The van der Waals surface area contributed by atoms with Gasteiger partial charge in [0.1, 0.15) is 23.3 Å². The number of hydrogen-bond donors (Lipinski definition) is 3. The number of carbonyl (C=O) groups is 3. The average molecular weight is 943 g/mol. The number of hydrogen-bond acceptors (Lipinski definition) is 7.